The first kappa shape index (κ1) is 17.8. The molecular formula is C18H24N2O4. The van der Waals surface area contributed by atoms with Crippen molar-refractivity contribution in [3.8, 4) is 11.5 Å². The Morgan fingerprint density at radius 2 is 2.04 bits per heavy atom. The number of hydrogen-bond acceptors (Lipinski definition) is 4. The molecule has 0 radical (unpaired) electrons. The zero-order valence-corrected chi connectivity index (χ0v) is 14.3. The Balaban J connectivity index is 1.91. The van der Waals surface area contributed by atoms with E-state index in [9.17, 15) is 9.59 Å². The molecule has 0 saturated carbocycles. The molecule has 1 aliphatic rings. The van der Waals surface area contributed by atoms with Gasteiger partial charge in [-0.2, -0.15) is 0 Å². The lowest BCUT2D eigenvalue weighted by Gasteiger charge is -2.15. The largest absolute Gasteiger partial charge is 0.493 e. The second kappa shape index (κ2) is 8.38. The van der Waals surface area contributed by atoms with Gasteiger partial charge in [0, 0.05) is 12.0 Å². The number of allylic oxidation sites excluding steroid dienone is 2. The van der Waals surface area contributed by atoms with Crippen molar-refractivity contribution in [1.29, 1.82) is 0 Å². The van der Waals surface area contributed by atoms with Crippen LogP contribution in [0.25, 0.3) is 0 Å². The topological polar surface area (TPSA) is 76.7 Å². The van der Waals surface area contributed by atoms with Crippen molar-refractivity contribution in [3.05, 3.63) is 35.9 Å². The van der Waals surface area contributed by atoms with Crippen molar-refractivity contribution in [3.63, 3.8) is 0 Å². The maximum absolute atomic E-state index is 12.2. The molecule has 0 bridgehead atoms. The number of carbonyl (C=O) groups is 2. The lowest BCUT2D eigenvalue weighted by Crippen LogP contribution is -2.42. The minimum absolute atomic E-state index is 0.00232. The van der Waals surface area contributed by atoms with Gasteiger partial charge in [0.25, 0.3) is 5.91 Å². The number of rotatable bonds is 6. The van der Waals surface area contributed by atoms with E-state index in [0.29, 0.717) is 23.5 Å². The number of hydrogen-bond donors (Lipinski definition) is 2. The van der Waals surface area contributed by atoms with E-state index < -0.39 is 5.91 Å². The van der Waals surface area contributed by atoms with Crippen LogP contribution < -0.4 is 20.3 Å². The molecular weight excluding hydrogens is 308 g/mol. The summed E-state index contributed by atoms with van der Waals surface area (Å²) in [5.74, 6) is 0.695. The Morgan fingerprint density at radius 1 is 1.25 bits per heavy atom. The molecule has 1 aliphatic carbocycles. The fraction of sp³-hybridized carbons (Fsp3) is 0.444. The highest BCUT2D eigenvalue weighted by molar-refractivity contribution is 5.96. The van der Waals surface area contributed by atoms with Crippen molar-refractivity contribution >= 4 is 11.8 Å². The molecule has 6 nitrogen and oxygen atoms in total. The predicted octanol–water partition coefficient (Wildman–Crippen LogP) is 2.60. The number of nitrogens with one attached hydrogen (secondary N) is 2. The summed E-state index contributed by atoms with van der Waals surface area (Å²) in [6.45, 7) is 3.82. The lowest BCUT2D eigenvalue weighted by atomic mass is 10.1. The highest BCUT2D eigenvalue weighted by atomic mass is 16.5. The van der Waals surface area contributed by atoms with E-state index in [0.717, 1.165) is 12.8 Å². The SMILES string of the molecule is COc1cc(C(=O)NNC(=O)CC2C=CCC2)ccc1OC(C)C. The van der Waals surface area contributed by atoms with Gasteiger partial charge >= 0.3 is 0 Å². The molecule has 1 aromatic rings. The standard InChI is InChI=1S/C18H24N2O4/c1-12(2)24-15-9-8-14(11-16(15)23-3)18(22)20-19-17(21)10-13-6-4-5-7-13/h4,6,8-9,11-13H,5,7,10H2,1-3H3,(H,19,21)(H,20,22). The number of amides is 2. The number of ether oxygens (including phenoxy) is 2. The van der Waals surface area contributed by atoms with Crippen LogP contribution >= 0.6 is 0 Å². The first-order valence-corrected chi connectivity index (χ1v) is 8.10. The molecule has 6 heteroatoms. The molecule has 0 heterocycles. The van der Waals surface area contributed by atoms with Gasteiger partial charge in [0.05, 0.1) is 13.2 Å². The molecule has 0 saturated heterocycles. The first-order chi connectivity index (χ1) is 11.5. The highest BCUT2D eigenvalue weighted by Crippen LogP contribution is 2.28. The summed E-state index contributed by atoms with van der Waals surface area (Å²) in [4.78, 5) is 24.0. The zero-order chi connectivity index (χ0) is 17.5. The van der Waals surface area contributed by atoms with Gasteiger partial charge in [0.15, 0.2) is 11.5 Å². The molecule has 2 rings (SSSR count). The lowest BCUT2D eigenvalue weighted by molar-refractivity contribution is -0.122. The summed E-state index contributed by atoms with van der Waals surface area (Å²) < 4.78 is 10.9. The highest BCUT2D eigenvalue weighted by Gasteiger charge is 2.16. The van der Waals surface area contributed by atoms with Crippen LogP contribution in [0.1, 0.15) is 43.5 Å². The maximum Gasteiger partial charge on any atom is 0.269 e. The Hall–Kier alpha value is -2.50. The average molecular weight is 332 g/mol. The first-order valence-electron chi connectivity index (χ1n) is 8.10. The van der Waals surface area contributed by atoms with Gasteiger partial charge in [0.1, 0.15) is 0 Å². The third-order valence-corrected chi connectivity index (χ3v) is 3.66. The van der Waals surface area contributed by atoms with Gasteiger partial charge in [-0.3, -0.25) is 20.4 Å². The predicted molar refractivity (Wildman–Crippen MR) is 90.8 cm³/mol. The Kier molecular flexibility index (Phi) is 6.23. The maximum atomic E-state index is 12.2. The van der Waals surface area contributed by atoms with Crippen LogP contribution in [0.4, 0.5) is 0 Å². The van der Waals surface area contributed by atoms with Crippen LogP contribution in [-0.4, -0.2) is 25.0 Å². The second-order valence-electron chi connectivity index (χ2n) is 6.00. The fourth-order valence-corrected chi connectivity index (χ4v) is 2.51. The van der Waals surface area contributed by atoms with E-state index >= 15 is 0 Å². The van der Waals surface area contributed by atoms with E-state index in [1.807, 2.05) is 19.9 Å². The quantitative estimate of drug-likeness (QED) is 0.620. The molecule has 1 unspecified atom stereocenters. The molecule has 2 amide bonds. The van der Waals surface area contributed by atoms with E-state index in [4.69, 9.17) is 9.47 Å². The van der Waals surface area contributed by atoms with Crippen LogP contribution in [0, 0.1) is 5.92 Å². The van der Waals surface area contributed by atoms with Gasteiger partial charge in [-0.25, -0.2) is 0 Å². The Morgan fingerprint density at radius 3 is 2.67 bits per heavy atom. The third-order valence-electron chi connectivity index (χ3n) is 3.66. The normalized spacial score (nSPS) is 16.1. The molecule has 1 atom stereocenters. The van der Waals surface area contributed by atoms with Crippen LogP contribution in [-0.2, 0) is 4.79 Å². The fourth-order valence-electron chi connectivity index (χ4n) is 2.51. The van der Waals surface area contributed by atoms with Crippen molar-refractivity contribution in [1.82, 2.24) is 10.9 Å². The molecule has 0 aromatic heterocycles. The monoisotopic (exact) mass is 332 g/mol. The van der Waals surface area contributed by atoms with Crippen LogP contribution in [0.5, 0.6) is 11.5 Å². The molecule has 24 heavy (non-hydrogen) atoms. The van der Waals surface area contributed by atoms with Gasteiger partial charge in [0.2, 0.25) is 5.91 Å². The van der Waals surface area contributed by atoms with Crippen LogP contribution in [0.15, 0.2) is 30.4 Å². The smallest absolute Gasteiger partial charge is 0.269 e. The van der Waals surface area contributed by atoms with E-state index in [1.165, 1.54) is 7.11 Å². The Bertz CT molecular complexity index is 625. The molecule has 2 N–H and O–H groups in total. The van der Waals surface area contributed by atoms with Gasteiger partial charge in [-0.1, -0.05) is 12.2 Å². The second-order valence-corrected chi connectivity index (χ2v) is 6.00. The van der Waals surface area contributed by atoms with Crippen molar-refractivity contribution < 1.29 is 19.1 Å². The van der Waals surface area contributed by atoms with Crippen molar-refractivity contribution in [2.24, 2.45) is 5.92 Å². The average Bonchev–Trinajstić information content (AvgIpc) is 3.05. The van der Waals surface area contributed by atoms with E-state index in [2.05, 4.69) is 16.9 Å². The summed E-state index contributed by atoms with van der Waals surface area (Å²) in [5.41, 5.74) is 5.25. The zero-order valence-electron chi connectivity index (χ0n) is 14.3. The molecule has 0 aliphatic heterocycles. The third kappa shape index (κ3) is 5.01. The number of carbonyl (C=O) groups excluding carboxylic acids is 2. The van der Waals surface area contributed by atoms with Crippen LogP contribution in [0.3, 0.4) is 0 Å². The Labute approximate surface area is 142 Å². The summed E-state index contributed by atoms with van der Waals surface area (Å²) in [7, 11) is 1.51. The summed E-state index contributed by atoms with van der Waals surface area (Å²) in [6.07, 6.45) is 6.48. The van der Waals surface area contributed by atoms with Crippen molar-refractivity contribution in [2.45, 2.75) is 39.2 Å². The van der Waals surface area contributed by atoms with Gasteiger partial charge in [-0.05, 0) is 50.8 Å². The number of hydrazine groups is 1. The summed E-state index contributed by atoms with van der Waals surface area (Å²) >= 11 is 0. The van der Waals surface area contributed by atoms with Gasteiger partial charge in [-0.15, -0.1) is 0 Å². The van der Waals surface area contributed by atoms with E-state index in [-0.39, 0.29) is 17.9 Å². The van der Waals surface area contributed by atoms with Crippen molar-refractivity contribution in [2.75, 3.05) is 7.11 Å². The van der Waals surface area contributed by atoms with E-state index in [1.54, 1.807) is 18.2 Å². The molecule has 0 spiro atoms. The van der Waals surface area contributed by atoms with Gasteiger partial charge < -0.3 is 9.47 Å². The minimum atomic E-state index is -0.403. The number of benzene rings is 1. The molecule has 130 valence electrons. The molecule has 0 fully saturated rings. The molecule has 1 aromatic carbocycles. The summed E-state index contributed by atoms with van der Waals surface area (Å²) in [6, 6.07) is 4.89. The summed E-state index contributed by atoms with van der Waals surface area (Å²) in [5, 5.41) is 0. The number of methoxy groups -OCH3 is 1. The van der Waals surface area contributed by atoms with Crippen LogP contribution in [0.2, 0.25) is 0 Å². The minimum Gasteiger partial charge on any atom is -0.493 e.